The second-order valence-electron chi connectivity index (χ2n) is 6.98. The van der Waals surface area contributed by atoms with Gasteiger partial charge in [0.15, 0.2) is 0 Å². The summed E-state index contributed by atoms with van der Waals surface area (Å²) >= 11 is 0. The molecule has 146 valence electrons. The van der Waals surface area contributed by atoms with Gasteiger partial charge in [-0.1, -0.05) is 18.2 Å². The molecule has 2 aromatic rings. The van der Waals surface area contributed by atoms with E-state index in [0.717, 1.165) is 17.0 Å². The summed E-state index contributed by atoms with van der Waals surface area (Å²) in [5.74, 6) is -0.118. The normalized spacial score (nSPS) is 18.4. The van der Waals surface area contributed by atoms with Crippen molar-refractivity contribution in [2.24, 2.45) is 18.0 Å². The van der Waals surface area contributed by atoms with E-state index in [-0.39, 0.29) is 17.4 Å². The van der Waals surface area contributed by atoms with Crippen LogP contribution in [0.1, 0.15) is 16.9 Å². The molecule has 8 heteroatoms. The zero-order chi connectivity index (χ0) is 20.5. The van der Waals surface area contributed by atoms with E-state index in [9.17, 15) is 9.59 Å². The molecular formula is C21H19N5O3. The maximum atomic E-state index is 13.1. The van der Waals surface area contributed by atoms with Crippen LogP contribution in [0.15, 0.2) is 47.0 Å². The van der Waals surface area contributed by atoms with Gasteiger partial charge in [-0.3, -0.25) is 14.3 Å². The number of amides is 2. The molecule has 8 nitrogen and oxygen atoms in total. The Balaban J connectivity index is 1.57. The van der Waals surface area contributed by atoms with E-state index in [2.05, 4.69) is 10.1 Å². The average molecular weight is 389 g/mol. The minimum Gasteiger partial charge on any atom is -0.497 e. The van der Waals surface area contributed by atoms with Gasteiger partial charge in [0.1, 0.15) is 23.1 Å². The lowest BCUT2D eigenvalue weighted by Crippen LogP contribution is -2.45. The minimum absolute atomic E-state index is 0.0360. The Morgan fingerprint density at radius 1 is 1.34 bits per heavy atom. The van der Waals surface area contributed by atoms with E-state index >= 15 is 0 Å². The number of ether oxygens (including phenoxy) is 1. The number of benzene rings is 1. The van der Waals surface area contributed by atoms with E-state index in [1.165, 1.54) is 0 Å². The predicted octanol–water partition coefficient (Wildman–Crippen LogP) is 1.99. The van der Waals surface area contributed by atoms with E-state index < -0.39 is 5.91 Å². The van der Waals surface area contributed by atoms with Crippen LogP contribution in [-0.2, 0) is 11.8 Å². The first-order chi connectivity index (χ1) is 14.0. The third-order valence-corrected chi connectivity index (χ3v) is 5.20. The summed E-state index contributed by atoms with van der Waals surface area (Å²) in [5.41, 5.74) is 2.79. The number of likely N-dealkylation sites (tertiary alicyclic amines) is 1. The minimum atomic E-state index is -0.493. The molecule has 29 heavy (non-hydrogen) atoms. The molecule has 1 atom stereocenters. The number of rotatable bonds is 3. The Morgan fingerprint density at radius 3 is 2.93 bits per heavy atom. The number of nitrogens with zero attached hydrogens (tertiary/aromatic N) is 5. The number of fused-ring (bicyclic) bond motifs is 1. The molecule has 1 saturated heterocycles. The zero-order valence-corrected chi connectivity index (χ0v) is 16.1. The molecule has 4 rings (SSSR count). The number of hydrogen-bond acceptors (Lipinski definition) is 5. The van der Waals surface area contributed by atoms with Crippen molar-refractivity contribution in [3.63, 3.8) is 0 Å². The largest absolute Gasteiger partial charge is 0.497 e. The molecule has 0 bridgehead atoms. The number of aryl methyl sites for hydroxylation is 1. The van der Waals surface area contributed by atoms with E-state index in [0.29, 0.717) is 30.9 Å². The third-order valence-electron chi connectivity index (χ3n) is 5.20. The van der Waals surface area contributed by atoms with Gasteiger partial charge in [-0.2, -0.15) is 10.4 Å². The van der Waals surface area contributed by atoms with Crippen LogP contribution in [-0.4, -0.2) is 52.4 Å². The highest BCUT2D eigenvalue weighted by molar-refractivity contribution is 6.10. The van der Waals surface area contributed by atoms with Gasteiger partial charge >= 0.3 is 0 Å². The van der Waals surface area contributed by atoms with Crippen LogP contribution in [0, 0.1) is 17.2 Å². The standard InChI is InChI=1S/C21H19N5O3/c1-25-19(10-18(24-25)13-4-3-5-16(9-13)29-2)21(28)26-7-6-17-15(12-26)8-14(11-22)20(27)23-17/h3-5,8-10,15H,6-7,12H2,1-2H3. The van der Waals surface area contributed by atoms with Crippen molar-refractivity contribution in [2.45, 2.75) is 6.42 Å². The molecule has 1 unspecified atom stereocenters. The Kier molecular flexibility index (Phi) is 4.72. The summed E-state index contributed by atoms with van der Waals surface area (Å²) in [7, 11) is 3.34. The molecule has 0 aliphatic carbocycles. The lowest BCUT2D eigenvalue weighted by Gasteiger charge is -2.33. The van der Waals surface area contributed by atoms with Gasteiger partial charge in [-0.25, -0.2) is 4.99 Å². The second-order valence-corrected chi connectivity index (χ2v) is 6.98. The van der Waals surface area contributed by atoms with Crippen molar-refractivity contribution in [1.82, 2.24) is 14.7 Å². The van der Waals surface area contributed by atoms with Crippen molar-refractivity contribution in [1.29, 1.82) is 5.26 Å². The molecule has 2 aliphatic heterocycles. The van der Waals surface area contributed by atoms with Gasteiger partial charge < -0.3 is 9.64 Å². The van der Waals surface area contributed by atoms with Gasteiger partial charge in [0.05, 0.1) is 12.8 Å². The van der Waals surface area contributed by atoms with Crippen molar-refractivity contribution < 1.29 is 14.3 Å². The molecule has 0 radical (unpaired) electrons. The highest BCUT2D eigenvalue weighted by atomic mass is 16.5. The Bertz CT molecular complexity index is 1110. The summed E-state index contributed by atoms with van der Waals surface area (Å²) in [6.45, 7) is 0.854. The predicted molar refractivity (Wildman–Crippen MR) is 105 cm³/mol. The van der Waals surface area contributed by atoms with Crippen molar-refractivity contribution >= 4 is 17.5 Å². The van der Waals surface area contributed by atoms with Gasteiger partial charge in [-0.15, -0.1) is 0 Å². The van der Waals surface area contributed by atoms with Gasteiger partial charge in [0.2, 0.25) is 0 Å². The quantitative estimate of drug-likeness (QED) is 0.799. The Morgan fingerprint density at radius 2 is 2.17 bits per heavy atom. The Hall–Kier alpha value is -3.73. The summed E-state index contributed by atoms with van der Waals surface area (Å²) < 4.78 is 6.83. The summed E-state index contributed by atoms with van der Waals surface area (Å²) in [6, 6.07) is 11.2. The second kappa shape index (κ2) is 7.36. The maximum absolute atomic E-state index is 13.1. The van der Waals surface area contributed by atoms with Crippen LogP contribution < -0.4 is 4.74 Å². The monoisotopic (exact) mass is 389 g/mol. The highest BCUT2D eigenvalue weighted by Crippen LogP contribution is 2.26. The molecule has 2 amide bonds. The van der Waals surface area contributed by atoms with Gasteiger partial charge in [0, 0.05) is 43.8 Å². The van der Waals surface area contributed by atoms with Crippen LogP contribution in [0.25, 0.3) is 11.3 Å². The molecule has 1 aromatic heterocycles. The van der Waals surface area contributed by atoms with Crippen LogP contribution >= 0.6 is 0 Å². The topological polar surface area (TPSA) is 101 Å². The first-order valence-electron chi connectivity index (χ1n) is 9.21. The van der Waals surface area contributed by atoms with Crippen molar-refractivity contribution in [3.05, 3.63) is 47.7 Å². The number of dihydropyridines is 1. The van der Waals surface area contributed by atoms with Crippen molar-refractivity contribution in [2.75, 3.05) is 20.2 Å². The lowest BCUT2D eigenvalue weighted by atomic mass is 9.90. The van der Waals surface area contributed by atoms with Crippen LogP contribution in [0.4, 0.5) is 0 Å². The molecule has 3 heterocycles. The van der Waals surface area contributed by atoms with E-state index in [4.69, 9.17) is 10.00 Å². The number of piperidine rings is 1. The molecular weight excluding hydrogens is 370 g/mol. The number of aromatic nitrogens is 2. The number of carbonyl (C=O) groups is 2. The highest BCUT2D eigenvalue weighted by Gasteiger charge is 2.33. The molecule has 1 fully saturated rings. The average Bonchev–Trinajstić information content (AvgIpc) is 3.14. The lowest BCUT2D eigenvalue weighted by molar-refractivity contribution is -0.114. The fraction of sp³-hybridized carbons (Fsp3) is 0.286. The third kappa shape index (κ3) is 3.43. The fourth-order valence-electron chi connectivity index (χ4n) is 3.64. The molecule has 1 aromatic carbocycles. The Labute approximate surface area is 167 Å². The molecule has 0 spiro atoms. The number of hydrogen-bond donors (Lipinski definition) is 0. The maximum Gasteiger partial charge on any atom is 0.287 e. The van der Waals surface area contributed by atoms with Crippen LogP contribution in [0.5, 0.6) is 5.75 Å². The smallest absolute Gasteiger partial charge is 0.287 e. The molecule has 2 aliphatic rings. The zero-order valence-electron chi connectivity index (χ0n) is 16.1. The number of methoxy groups -OCH3 is 1. The fourth-order valence-corrected chi connectivity index (χ4v) is 3.64. The molecule has 0 N–H and O–H groups in total. The first-order valence-corrected chi connectivity index (χ1v) is 9.21. The van der Waals surface area contributed by atoms with Crippen molar-refractivity contribution in [3.8, 4) is 23.1 Å². The van der Waals surface area contributed by atoms with Crippen LogP contribution in [0.3, 0.4) is 0 Å². The summed E-state index contributed by atoms with van der Waals surface area (Å²) in [5, 5.41) is 13.6. The number of aliphatic imine (C=N–C) groups is 1. The van der Waals surface area contributed by atoms with Crippen LogP contribution in [0.2, 0.25) is 0 Å². The first kappa shape index (κ1) is 18.6. The summed E-state index contributed by atoms with van der Waals surface area (Å²) in [6.07, 6.45) is 2.13. The SMILES string of the molecule is COc1cccc(-c2cc(C(=O)N3CCC4=NC(=O)C(C#N)=CC4C3)n(C)n2)c1. The van der Waals surface area contributed by atoms with E-state index in [1.807, 2.05) is 30.3 Å². The molecule has 0 saturated carbocycles. The van der Waals surface area contributed by atoms with Gasteiger partial charge in [0.25, 0.3) is 11.8 Å². The summed E-state index contributed by atoms with van der Waals surface area (Å²) in [4.78, 5) is 30.6. The van der Waals surface area contributed by atoms with E-state index in [1.54, 1.807) is 35.9 Å². The van der Waals surface area contributed by atoms with Gasteiger partial charge in [-0.05, 0) is 18.2 Å². The number of nitriles is 1. The number of carbonyl (C=O) groups excluding carboxylic acids is 2.